The van der Waals surface area contributed by atoms with Gasteiger partial charge in [0, 0.05) is 11.6 Å². The van der Waals surface area contributed by atoms with Gasteiger partial charge >= 0.3 is 0 Å². The number of rotatable bonds is 0. The molecule has 0 atom stereocenters. The number of hydrogen-bond acceptors (Lipinski definition) is 2. The third-order valence-electron chi connectivity index (χ3n) is 2.11. The predicted octanol–water partition coefficient (Wildman–Crippen LogP) is 3.44. The highest BCUT2D eigenvalue weighted by Gasteiger charge is 2.02. The molecule has 1 heterocycles. The standard InChI is InChI=1S/C11H8N2.C2H6/c1-8-4-5-9(7-12)11-10(8)3-2-6-13-11;1-2/h2-6H,1H3;1-2H3. The molecule has 0 fully saturated rings. The van der Waals surface area contributed by atoms with Gasteiger partial charge in [0.2, 0.25) is 0 Å². The van der Waals surface area contributed by atoms with Crippen LogP contribution < -0.4 is 0 Å². The lowest BCUT2D eigenvalue weighted by Crippen LogP contribution is -1.85. The molecule has 15 heavy (non-hydrogen) atoms. The van der Waals surface area contributed by atoms with Crippen LogP contribution in [0.5, 0.6) is 0 Å². The van der Waals surface area contributed by atoms with Gasteiger partial charge in [0.1, 0.15) is 6.07 Å². The fourth-order valence-corrected chi connectivity index (χ4v) is 1.41. The summed E-state index contributed by atoms with van der Waals surface area (Å²) >= 11 is 0. The summed E-state index contributed by atoms with van der Waals surface area (Å²) in [5, 5.41) is 9.89. The number of benzene rings is 1. The summed E-state index contributed by atoms with van der Waals surface area (Å²) < 4.78 is 0. The van der Waals surface area contributed by atoms with E-state index >= 15 is 0 Å². The van der Waals surface area contributed by atoms with Crippen molar-refractivity contribution in [2.24, 2.45) is 0 Å². The summed E-state index contributed by atoms with van der Waals surface area (Å²) in [6.07, 6.45) is 1.71. The molecule has 0 spiro atoms. The van der Waals surface area contributed by atoms with Crippen LogP contribution in [0.15, 0.2) is 30.5 Å². The zero-order valence-electron chi connectivity index (χ0n) is 9.28. The van der Waals surface area contributed by atoms with Crippen LogP contribution in [0.25, 0.3) is 10.9 Å². The zero-order chi connectivity index (χ0) is 11.3. The van der Waals surface area contributed by atoms with E-state index in [0.717, 1.165) is 16.5 Å². The molecule has 2 heteroatoms. The van der Waals surface area contributed by atoms with Crippen molar-refractivity contribution in [3.05, 3.63) is 41.6 Å². The van der Waals surface area contributed by atoms with Crippen molar-refractivity contribution in [1.29, 1.82) is 5.26 Å². The minimum atomic E-state index is 0.640. The molecule has 0 bridgehead atoms. The molecule has 0 aliphatic heterocycles. The van der Waals surface area contributed by atoms with Crippen molar-refractivity contribution in [2.75, 3.05) is 0 Å². The first kappa shape index (κ1) is 11.2. The minimum Gasteiger partial charge on any atom is -0.255 e. The Kier molecular flexibility index (Phi) is 3.82. The van der Waals surface area contributed by atoms with Crippen LogP contribution in [-0.2, 0) is 0 Å². The van der Waals surface area contributed by atoms with Gasteiger partial charge < -0.3 is 0 Å². The Labute approximate surface area is 90.2 Å². The highest BCUT2D eigenvalue weighted by molar-refractivity contribution is 5.86. The van der Waals surface area contributed by atoms with Crippen LogP contribution in [0, 0.1) is 18.3 Å². The van der Waals surface area contributed by atoms with Crippen molar-refractivity contribution in [3.63, 3.8) is 0 Å². The van der Waals surface area contributed by atoms with Crippen LogP contribution in [0.2, 0.25) is 0 Å². The SMILES string of the molecule is CC.Cc1ccc(C#N)c2ncccc12. The number of nitriles is 1. The van der Waals surface area contributed by atoms with Crippen molar-refractivity contribution < 1.29 is 0 Å². The maximum atomic E-state index is 8.84. The van der Waals surface area contributed by atoms with Gasteiger partial charge in [-0.2, -0.15) is 5.26 Å². The second-order valence-electron chi connectivity index (χ2n) is 2.94. The van der Waals surface area contributed by atoms with Crippen molar-refractivity contribution >= 4 is 10.9 Å². The Morgan fingerprint density at radius 1 is 1.20 bits per heavy atom. The first-order valence-electron chi connectivity index (χ1n) is 5.07. The van der Waals surface area contributed by atoms with Gasteiger partial charge in [0.25, 0.3) is 0 Å². The lowest BCUT2D eigenvalue weighted by molar-refractivity contribution is 1.37. The summed E-state index contributed by atoms with van der Waals surface area (Å²) in [6.45, 7) is 6.02. The quantitative estimate of drug-likeness (QED) is 0.650. The van der Waals surface area contributed by atoms with E-state index in [9.17, 15) is 0 Å². The summed E-state index contributed by atoms with van der Waals surface area (Å²) in [7, 11) is 0. The normalized spacial score (nSPS) is 8.93. The van der Waals surface area contributed by atoms with E-state index in [1.165, 1.54) is 0 Å². The Morgan fingerprint density at radius 2 is 1.93 bits per heavy atom. The van der Waals surface area contributed by atoms with Gasteiger partial charge in [-0.25, -0.2) is 0 Å². The van der Waals surface area contributed by atoms with Crippen LogP contribution in [0.1, 0.15) is 25.0 Å². The van der Waals surface area contributed by atoms with E-state index in [1.807, 2.05) is 45.0 Å². The summed E-state index contributed by atoms with van der Waals surface area (Å²) in [4.78, 5) is 4.19. The molecule has 1 aromatic carbocycles. The highest BCUT2D eigenvalue weighted by atomic mass is 14.6. The number of aryl methyl sites for hydroxylation is 1. The monoisotopic (exact) mass is 198 g/mol. The van der Waals surface area contributed by atoms with Crippen LogP contribution in [0.3, 0.4) is 0 Å². The zero-order valence-corrected chi connectivity index (χ0v) is 9.28. The molecule has 0 N–H and O–H groups in total. The van der Waals surface area contributed by atoms with Gasteiger partial charge in [-0.1, -0.05) is 26.0 Å². The maximum absolute atomic E-state index is 8.84. The van der Waals surface area contributed by atoms with Crippen molar-refractivity contribution in [1.82, 2.24) is 4.98 Å². The molecule has 0 unspecified atom stereocenters. The first-order valence-corrected chi connectivity index (χ1v) is 5.07. The highest BCUT2D eigenvalue weighted by Crippen LogP contribution is 2.18. The van der Waals surface area contributed by atoms with Crippen LogP contribution in [0.4, 0.5) is 0 Å². The molecule has 0 saturated heterocycles. The second-order valence-corrected chi connectivity index (χ2v) is 2.94. The van der Waals surface area contributed by atoms with Crippen LogP contribution >= 0.6 is 0 Å². The van der Waals surface area contributed by atoms with Gasteiger partial charge in [-0.15, -0.1) is 0 Å². The lowest BCUT2D eigenvalue weighted by Gasteiger charge is -2.01. The summed E-state index contributed by atoms with van der Waals surface area (Å²) in [5.41, 5.74) is 2.59. The van der Waals surface area contributed by atoms with E-state index in [1.54, 1.807) is 6.20 Å². The molecule has 0 aliphatic rings. The Hall–Kier alpha value is -1.88. The van der Waals surface area contributed by atoms with E-state index in [4.69, 9.17) is 5.26 Å². The lowest BCUT2D eigenvalue weighted by atomic mass is 10.1. The number of pyridine rings is 1. The molecule has 76 valence electrons. The molecular formula is C13H14N2. The maximum Gasteiger partial charge on any atom is 0.101 e. The molecular weight excluding hydrogens is 184 g/mol. The fraction of sp³-hybridized carbons (Fsp3) is 0.231. The average molecular weight is 198 g/mol. The number of fused-ring (bicyclic) bond motifs is 1. The Morgan fingerprint density at radius 3 is 2.60 bits per heavy atom. The first-order chi connectivity index (χ1) is 7.33. The van der Waals surface area contributed by atoms with Crippen molar-refractivity contribution in [3.8, 4) is 6.07 Å². The van der Waals surface area contributed by atoms with E-state index in [2.05, 4.69) is 11.1 Å². The van der Waals surface area contributed by atoms with Gasteiger partial charge in [0.15, 0.2) is 0 Å². The molecule has 2 nitrogen and oxygen atoms in total. The third kappa shape index (κ3) is 2.13. The van der Waals surface area contributed by atoms with Crippen molar-refractivity contribution in [2.45, 2.75) is 20.8 Å². The van der Waals surface area contributed by atoms with Gasteiger partial charge in [-0.3, -0.25) is 4.98 Å². The van der Waals surface area contributed by atoms with Crippen LogP contribution in [-0.4, -0.2) is 4.98 Å². The molecule has 0 saturated carbocycles. The summed E-state index contributed by atoms with van der Waals surface area (Å²) in [5.74, 6) is 0. The molecule has 0 radical (unpaired) electrons. The van der Waals surface area contributed by atoms with Gasteiger partial charge in [-0.05, 0) is 24.6 Å². The second kappa shape index (κ2) is 5.11. The third-order valence-corrected chi connectivity index (χ3v) is 2.11. The Bertz CT molecular complexity index is 495. The van der Waals surface area contributed by atoms with E-state index in [0.29, 0.717) is 5.56 Å². The van der Waals surface area contributed by atoms with Gasteiger partial charge in [0.05, 0.1) is 11.1 Å². The largest absolute Gasteiger partial charge is 0.255 e. The Balaban J connectivity index is 0.000000531. The molecule has 0 aliphatic carbocycles. The van der Waals surface area contributed by atoms with E-state index < -0.39 is 0 Å². The topological polar surface area (TPSA) is 36.7 Å². The smallest absolute Gasteiger partial charge is 0.101 e. The summed E-state index contributed by atoms with van der Waals surface area (Å²) in [6, 6.07) is 9.76. The average Bonchev–Trinajstić information content (AvgIpc) is 2.33. The number of hydrogen-bond donors (Lipinski definition) is 0. The fourth-order valence-electron chi connectivity index (χ4n) is 1.41. The predicted molar refractivity (Wildman–Crippen MR) is 62.5 cm³/mol. The minimum absolute atomic E-state index is 0.640. The molecule has 0 amide bonds. The number of nitrogens with zero attached hydrogens (tertiary/aromatic N) is 2. The number of aromatic nitrogens is 1. The molecule has 2 aromatic rings. The molecule has 1 aromatic heterocycles. The van der Waals surface area contributed by atoms with E-state index in [-0.39, 0.29) is 0 Å². The molecule has 2 rings (SSSR count).